The lowest BCUT2D eigenvalue weighted by Crippen LogP contribution is -2.45. The number of amides is 2. The number of carbonyl (C=O) groups excluding carboxylic acids is 2. The van der Waals surface area contributed by atoms with Gasteiger partial charge in [-0.05, 0) is 54.8 Å². The predicted octanol–water partition coefficient (Wildman–Crippen LogP) is 6.00. The van der Waals surface area contributed by atoms with Crippen LogP contribution in [-0.4, -0.2) is 44.8 Å². The van der Waals surface area contributed by atoms with Crippen molar-refractivity contribution in [1.82, 2.24) is 4.90 Å². The van der Waals surface area contributed by atoms with Crippen LogP contribution in [0.3, 0.4) is 0 Å². The van der Waals surface area contributed by atoms with E-state index in [0.717, 1.165) is 29.5 Å². The number of thioether (sulfide) groups is 1. The maximum atomic E-state index is 13.3. The molecule has 7 nitrogen and oxygen atoms in total. The molecule has 3 aromatic carbocycles. The number of amidine groups is 1. The first-order valence-corrected chi connectivity index (χ1v) is 12.9. The molecule has 0 aliphatic carbocycles. The molecular formula is C28H24F3N3O4S. The molecule has 0 spiro atoms. The SMILES string of the molecule is O=C(O)c1cccc(NC(=O)C2CC(=O)N(CCCc3ccccc3)C(=Nc3cccc(C(F)(F)F)c3)S2)c1. The van der Waals surface area contributed by atoms with E-state index < -0.39 is 28.9 Å². The van der Waals surface area contributed by atoms with Crippen molar-refractivity contribution >= 4 is 46.1 Å². The predicted molar refractivity (Wildman–Crippen MR) is 143 cm³/mol. The summed E-state index contributed by atoms with van der Waals surface area (Å²) in [5.41, 5.74) is 0.432. The molecule has 4 rings (SSSR count). The summed E-state index contributed by atoms with van der Waals surface area (Å²) in [6.45, 7) is 0.271. The molecule has 11 heteroatoms. The zero-order chi connectivity index (χ0) is 28.0. The standard InChI is InChI=1S/C28H24F3N3O4S/c29-28(30,31)20-11-5-13-22(16-20)33-27-34(14-6-9-18-7-2-1-3-8-18)24(35)17-23(39-27)25(36)32-21-12-4-10-19(15-21)26(37)38/h1-5,7-8,10-13,15-16,23H,6,9,14,17H2,(H,32,36)(H,37,38). The summed E-state index contributed by atoms with van der Waals surface area (Å²) in [5.74, 6) is -2.08. The summed E-state index contributed by atoms with van der Waals surface area (Å²) in [6.07, 6.45) is -3.46. The average molecular weight is 556 g/mol. The topological polar surface area (TPSA) is 99.1 Å². The van der Waals surface area contributed by atoms with Crippen molar-refractivity contribution in [3.8, 4) is 0 Å². The Kier molecular flexibility index (Phi) is 8.70. The van der Waals surface area contributed by atoms with Crippen molar-refractivity contribution in [2.24, 2.45) is 4.99 Å². The van der Waals surface area contributed by atoms with E-state index in [9.17, 15) is 32.7 Å². The molecule has 39 heavy (non-hydrogen) atoms. The minimum Gasteiger partial charge on any atom is -0.478 e. The number of nitrogens with one attached hydrogen (secondary N) is 1. The third-order valence-corrected chi connectivity index (χ3v) is 7.09. The van der Waals surface area contributed by atoms with Crippen LogP contribution in [0.4, 0.5) is 24.5 Å². The number of nitrogens with zero attached hydrogens (tertiary/aromatic N) is 2. The van der Waals surface area contributed by atoms with Crippen molar-refractivity contribution in [1.29, 1.82) is 0 Å². The molecule has 2 amide bonds. The van der Waals surface area contributed by atoms with Crippen LogP contribution in [-0.2, 0) is 22.2 Å². The van der Waals surface area contributed by atoms with Gasteiger partial charge in [-0.1, -0.05) is 54.2 Å². The summed E-state index contributed by atoms with van der Waals surface area (Å²) >= 11 is 0.981. The van der Waals surface area contributed by atoms with Crippen LogP contribution < -0.4 is 5.32 Å². The summed E-state index contributed by atoms with van der Waals surface area (Å²) in [6, 6.07) is 19.8. The summed E-state index contributed by atoms with van der Waals surface area (Å²) in [5, 5.41) is 11.0. The molecule has 1 fully saturated rings. The Morgan fingerprint density at radius 3 is 2.49 bits per heavy atom. The molecule has 3 aromatic rings. The summed E-state index contributed by atoms with van der Waals surface area (Å²) in [7, 11) is 0. The fraction of sp³-hybridized carbons (Fsp3) is 0.214. The first kappa shape index (κ1) is 27.9. The lowest BCUT2D eigenvalue weighted by atomic mass is 10.1. The van der Waals surface area contributed by atoms with E-state index in [0.29, 0.717) is 12.8 Å². The van der Waals surface area contributed by atoms with E-state index in [-0.39, 0.29) is 41.0 Å². The highest BCUT2D eigenvalue weighted by Gasteiger charge is 2.36. The Morgan fingerprint density at radius 2 is 1.77 bits per heavy atom. The highest BCUT2D eigenvalue weighted by Crippen LogP contribution is 2.34. The van der Waals surface area contributed by atoms with Crippen LogP contribution in [0.15, 0.2) is 83.9 Å². The van der Waals surface area contributed by atoms with Gasteiger partial charge in [-0.2, -0.15) is 13.2 Å². The molecule has 1 heterocycles. The quantitative estimate of drug-likeness (QED) is 0.355. The lowest BCUT2D eigenvalue weighted by Gasteiger charge is -2.32. The number of benzene rings is 3. The second-order valence-corrected chi connectivity index (χ2v) is 9.93. The van der Waals surface area contributed by atoms with Crippen LogP contribution >= 0.6 is 11.8 Å². The van der Waals surface area contributed by atoms with Gasteiger partial charge in [0, 0.05) is 18.7 Å². The summed E-state index contributed by atoms with van der Waals surface area (Å²) < 4.78 is 39.8. The molecule has 1 aliphatic rings. The number of aliphatic imine (C=N–C) groups is 1. The van der Waals surface area contributed by atoms with Gasteiger partial charge in [-0.15, -0.1) is 0 Å². The van der Waals surface area contributed by atoms with Gasteiger partial charge in [0.1, 0.15) is 5.25 Å². The van der Waals surface area contributed by atoms with E-state index in [1.165, 1.54) is 41.3 Å². The van der Waals surface area contributed by atoms with Gasteiger partial charge in [0.05, 0.1) is 16.8 Å². The van der Waals surface area contributed by atoms with Gasteiger partial charge in [0.25, 0.3) is 0 Å². The van der Waals surface area contributed by atoms with E-state index in [2.05, 4.69) is 10.3 Å². The molecule has 2 N–H and O–H groups in total. The number of alkyl halides is 3. The summed E-state index contributed by atoms with van der Waals surface area (Å²) in [4.78, 5) is 43.2. The zero-order valence-electron chi connectivity index (χ0n) is 20.5. The van der Waals surface area contributed by atoms with E-state index in [1.54, 1.807) is 0 Å². The van der Waals surface area contributed by atoms with Gasteiger partial charge in [0.15, 0.2) is 5.17 Å². The second kappa shape index (κ2) is 12.2. The highest BCUT2D eigenvalue weighted by atomic mass is 32.2. The number of aryl methyl sites for hydroxylation is 1. The number of hydrogen-bond donors (Lipinski definition) is 2. The molecule has 0 radical (unpaired) electrons. The first-order valence-electron chi connectivity index (χ1n) is 12.0. The molecule has 1 aliphatic heterocycles. The van der Waals surface area contributed by atoms with Crippen LogP contribution in [0.2, 0.25) is 0 Å². The Labute approximate surface area is 226 Å². The largest absolute Gasteiger partial charge is 0.478 e. The number of rotatable bonds is 8. The molecule has 1 atom stereocenters. The van der Waals surface area contributed by atoms with Crippen molar-refractivity contribution in [2.45, 2.75) is 30.7 Å². The number of hydrogen-bond acceptors (Lipinski definition) is 5. The van der Waals surface area contributed by atoms with Crippen LogP contribution in [0.1, 0.15) is 34.3 Å². The number of carboxylic acid groups (broad SMARTS) is 1. The van der Waals surface area contributed by atoms with Crippen molar-refractivity contribution in [2.75, 3.05) is 11.9 Å². The van der Waals surface area contributed by atoms with E-state index in [4.69, 9.17) is 0 Å². The third kappa shape index (κ3) is 7.47. The second-order valence-electron chi connectivity index (χ2n) is 8.76. The molecule has 1 saturated heterocycles. The number of anilines is 1. The van der Waals surface area contributed by atoms with Crippen molar-refractivity contribution in [3.05, 3.63) is 95.6 Å². The smallest absolute Gasteiger partial charge is 0.416 e. The fourth-order valence-corrected chi connectivity index (χ4v) is 5.09. The minimum atomic E-state index is -4.56. The average Bonchev–Trinajstić information content (AvgIpc) is 2.90. The Bertz CT molecular complexity index is 1400. The van der Waals surface area contributed by atoms with Crippen LogP contribution in [0.5, 0.6) is 0 Å². The van der Waals surface area contributed by atoms with Crippen LogP contribution in [0, 0.1) is 0 Å². The number of carbonyl (C=O) groups is 3. The molecule has 202 valence electrons. The Morgan fingerprint density at radius 1 is 1.03 bits per heavy atom. The molecule has 1 unspecified atom stereocenters. The van der Waals surface area contributed by atoms with Gasteiger partial charge < -0.3 is 10.4 Å². The van der Waals surface area contributed by atoms with Crippen LogP contribution in [0.25, 0.3) is 0 Å². The molecule has 0 saturated carbocycles. The molecular weight excluding hydrogens is 531 g/mol. The maximum absolute atomic E-state index is 13.3. The van der Waals surface area contributed by atoms with Crippen molar-refractivity contribution in [3.63, 3.8) is 0 Å². The number of carboxylic acids is 1. The van der Waals surface area contributed by atoms with Gasteiger partial charge in [0.2, 0.25) is 11.8 Å². The van der Waals surface area contributed by atoms with Gasteiger partial charge in [-0.25, -0.2) is 9.79 Å². The van der Waals surface area contributed by atoms with E-state index >= 15 is 0 Å². The first-order chi connectivity index (χ1) is 18.6. The molecule has 0 bridgehead atoms. The lowest BCUT2D eigenvalue weighted by molar-refractivity contribution is -0.137. The number of aromatic carboxylic acids is 1. The fourth-order valence-electron chi connectivity index (χ4n) is 3.96. The monoisotopic (exact) mass is 555 g/mol. The third-order valence-electron chi connectivity index (χ3n) is 5.90. The Hall–Kier alpha value is -4.12. The zero-order valence-corrected chi connectivity index (χ0v) is 21.3. The minimum absolute atomic E-state index is 0.00315. The molecule has 0 aromatic heterocycles. The number of halogens is 3. The highest BCUT2D eigenvalue weighted by molar-refractivity contribution is 8.15. The maximum Gasteiger partial charge on any atom is 0.416 e. The van der Waals surface area contributed by atoms with Gasteiger partial charge in [-0.3, -0.25) is 14.5 Å². The van der Waals surface area contributed by atoms with Crippen molar-refractivity contribution < 1.29 is 32.7 Å². The normalized spacial score (nSPS) is 16.8. The Balaban J connectivity index is 1.56. The van der Waals surface area contributed by atoms with Gasteiger partial charge >= 0.3 is 12.1 Å². The van der Waals surface area contributed by atoms with E-state index in [1.807, 2.05) is 30.3 Å².